The predicted octanol–water partition coefficient (Wildman–Crippen LogP) is 3.37. The molecule has 4 rings (SSSR count). The van der Waals surface area contributed by atoms with Crippen molar-refractivity contribution in [2.45, 2.75) is 20.4 Å². The molecule has 0 amide bonds. The van der Waals surface area contributed by atoms with E-state index in [9.17, 15) is 9.18 Å². The van der Waals surface area contributed by atoms with Gasteiger partial charge >= 0.3 is 5.69 Å². The van der Waals surface area contributed by atoms with Crippen molar-refractivity contribution in [2.24, 2.45) is 0 Å². The SMILES string of the molecule is COc1ccc(Cn2nc3ccc(-c4ccc(C)c(C)c4)nn3c2=O)cc1F. The van der Waals surface area contributed by atoms with E-state index in [4.69, 9.17) is 4.74 Å². The Bertz CT molecular complexity index is 1240. The maximum Gasteiger partial charge on any atom is 0.367 e. The van der Waals surface area contributed by atoms with Gasteiger partial charge in [-0.25, -0.2) is 13.9 Å². The summed E-state index contributed by atoms with van der Waals surface area (Å²) in [5.74, 6) is -0.322. The second-order valence-corrected chi connectivity index (χ2v) is 6.70. The molecule has 0 saturated carbocycles. The summed E-state index contributed by atoms with van der Waals surface area (Å²) in [6.07, 6.45) is 0. The normalized spacial score (nSPS) is 11.1. The molecule has 0 aliphatic rings. The molecule has 142 valence electrons. The van der Waals surface area contributed by atoms with E-state index in [2.05, 4.69) is 10.2 Å². The van der Waals surface area contributed by atoms with E-state index in [1.54, 1.807) is 12.1 Å². The van der Waals surface area contributed by atoms with Gasteiger partial charge in [-0.05, 0) is 60.9 Å². The van der Waals surface area contributed by atoms with Crippen LogP contribution in [0.2, 0.25) is 0 Å². The van der Waals surface area contributed by atoms with E-state index in [0.717, 1.165) is 11.1 Å². The Morgan fingerprint density at radius 3 is 2.54 bits per heavy atom. The number of fused-ring (bicyclic) bond motifs is 1. The molecule has 2 aromatic carbocycles. The highest BCUT2D eigenvalue weighted by Crippen LogP contribution is 2.20. The molecule has 2 heterocycles. The highest BCUT2D eigenvalue weighted by molar-refractivity contribution is 5.61. The van der Waals surface area contributed by atoms with E-state index >= 15 is 0 Å². The molecule has 0 aliphatic carbocycles. The molecule has 0 unspecified atom stereocenters. The number of ether oxygens (including phenoxy) is 1. The molecule has 0 atom stereocenters. The first kappa shape index (κ1) is 17.9. The van der Waals surface area contributed by atoms with Crippen LogP contribution in [-0.2, 0) is 6.54 Å². The second-order valence-electron chi connectivity index (χ2n) is 6.70. The van der Waals surface area contributed by atoms with Crippen LogP contribution in [0.1, 0.15) is 16.7 Å². The van der Waals surface area contributed by atoms with Gasteiger partial charge in [0.1, 0.15) is 0 Å². The summed E-state index contributed by atoms with van der Waals surface area (Å²) in [6.45, 7) is 4.23. The molecule has 0 bridgehead atoms. The Balaban J connectivity index is 1.72. The Kier molecular flexibility index (Phi) is 4.43. The third-order valence-corrected chi connectivity index (χ3v) is 4.79. The highest BCUT2D eigenvalue weighted by atomic mass is 19.1. The third-order valence-electron chi connectivity index (χ3n) is 4.79. The van der Waals surface area contributed by atoms with Crippen LogP contribution in [0.25, 0.3) is 16.9 Å². The number of hydrogen-bond donors (Lipinski definition) is 0. The summed E-state index contributed by atoms with van der Waals surface area (Å²) in [5.41, 5.74) is 4.64. The van der Waals surface area contributed by atoms with Crippen molar-refractivity contribution < 1.29 is 9.13 Å². The van der Waals surface area contributed by atoms with Gasteiger partial charge in [0.05, 0.1) is 19.3 Å². The quantitative estimate of drug-likeness (QED) is 0.546. The average molecular weight is 378 g/mol. The summed E-state index contributed by atoms with van der Waals surface area (Å²) in [5, 5.41) is 8.75. The Morgan fingerprint density at radius 2 is 1.82 bits per heavy atom. The zero-order valence-corrected chi connectivity index (χ0v) is 15.8. The zero-order valence-electron chi connectivity index (χ0n) is 15.8. The van der Waals surface area contributed by atoms with E-state index in [1.165, 1.54) is 34.0 Å². The molecule has 0 N–H and O–H groups in total. The summed E-state index contributed by atoms with van der Waals surface area (Å²) in [7, 11) is 1.41. The van der Waals surface area contributed by atoms with Crippen molar-refractivity contribution in [3.63, 3.8) is 0 Å². The maximum absolute atomic E-state index is 13.9. The van der Waals surface area contributed by atoms with E-state index in [0.29, 0.717) is 16.9 Å². The summed E-state index contributed by atoms with van der Waals surface area (Å²) >= 11 is 0. The molecule has 0 fully saturated rings. The first-order valence-corrected chi connectivity index (χ1v) is 8.83. The van der Waals surface area contributed by atoms with Gasteiger partial charge in [-0.3, -0.25) is 0 Å². The topological polar surface area (TPSA) is 61.4 Å². The second kappa shape index (κ2) is 6.92. The van der Waals surface area contributed by atoms with Gasteiger partial charge in [-0.2, -0.15) is 9.61 Å². The molecule has 0 radical (unpaired) electrons. The van der Waals surface area contributed by atoms with Crippen LogP contribution in [0.4, 0.5) is 4.39 Å². The minimum Gasteiger partial charge on any atom is -0.494 e. The lowest BCUT2D eigenvalue weighted by Crippen LogP contribution is -2.23. The van der Waals surface area contributed by atoms with Gasteiger partial charge in [0.2, 0.25) is 0 Å². The van der Waals surface area contributed by atoms with Crippen LogP contribution >= 0.6 is 0 Å². The van der Waals surface area contributed by atoms with Gasteiger partial charge in [0.25, 0.3) is 0 Å². The summed E-state index contributed by atoms with van der Waals surface area (Å²) in [6, 6.07) is 14.2. The molecular formula is C21H19FN4O2. The number of halogens is 1. The largest absolute Gasteiger partial charge is 0.494 e. The lowest BCUT2D eigenvalue weighted by atomic mass is 10.0. The lowest BCUT2D eigenvalue weighted by Gasteiger charge is -2.04. The molecule has 0 spiro atoms. The molecule has 7 heteroatoms. The molecular weight excluding hydrogens is 359 g/mol. The summed E-state index contributed by atoms with van der Waals surface area (Å²) in [4.78, 5) is 12.7. The Labute approximate surface area is 160 Å². The zero-order chi connectivity index (χ0) is 19.8. The first-order valence-electron chi connectivity index (χ1n) is 8.83. The molecule has 0 aliphatic heterocycles. The van der Waals surface area contributed by atoms with Gasteiger partial charge in [-0.15, -0.1) is 5.10 Å². The number of nitrogens with zero attached hydrogens (tertiary/aromatic N) is 4. The van der Waals surface area contributed by atoms with E-state index in [1.807, 2.05) is 38.1 Å². The van der Waals surface area contributed by atoms with Crippen LogP contribution < -0.4 is 10.4 Å². The molecule has 4 aromatic rings. The van der Waals surface area contributed by atoms with Gasteiger partial charge < -0.3 is 4.74 Å². The lowest BCUT2D eigenvalue weighted by molar-refractivity contribution is 0.386. The first-order chi connectivity index (χ1) is 13.5. The fourth-order valence-corrected chi connectivity index (χ4v) is 3.05. The number of aryl methyl sites for hydroxylation is 2. The number of hydrogen-bond acceptors (Lipinski definition) is 4. The van der Waals surface area contributed by atoms with Crippen LogP contribution in [0, 0.1) is 19.7 Å². The minimum atomic E-state index is -0.480. The van der Waals surface area contributed by atoms with Crippen molar-refractivity contribution in [3.8, 4) is 17.0 Å². The Morgan fingerprint density at radius 1 is 1.00 bits per heavy atom. The fourth-order valence-electron chi connectivity index (χ4n) is 3.05. The van der Waals surface area contributed by atoms with Crippen LogP contribution in [-0.4, -0.2) is 26.5 Å². The third kappa shape index (κ3) is 3.15. The van der Waals surface area contributed by atoms with Crippen molar-refractivity contribution in [1.82, 2.24) is 19.4 Å². The minimum absolute atomic E-state index is 0.141. The molecule has 0 saturated heterocycles. The molecule has 6 nitrogen and oxygen atoms in total. The number of rotatable bonds is 4. The van der Waals surface area contributed by atoms with Crippen LogP contribution in [0.15, 0.2) is 53.3 Å². The van der Waals surface area contributed by atoms with Crippen LogP contribution in [0.5, 0.6) is 5.75 Å². The van der Waals surface area contributed by atoms with Crippen molar-refractivity contribution in [1.29, 1.82) is 0 Å². The molecule has 28 heavy (non-hydrogen) atoms. The van der Waals surface area contributed by atoms with Crippen LogP contribution in [0.3, 0.4) is 0 Å². The van der Waals surface area contributed by atoms with E-state index in [-0.39, 0.29) is 18.0 Å². The van der Waals surface area contributed by atoms with Gasteiger partial charge in [0, 0.05) is 5.56 Å². The van der Waals surface area contributed by atoms with Gasteiger partial charge in [-0.1, -0.05) is 18.2 Å². The number of aromatic nitrogens is 4. The predicted molar refractivity (Wildman–Crippen MR) is 104 cm³/mol. The monoisotopic (exact) mass is 378 g/mol. The molecule has 2 aromatic heterocycles. The average Bonchev–Trinajstić information content (AvgIpc) is 2.99. The number of benzene rings is 2. The number of methoxy groups -OCH3 is 1. The highest BCUT2D eigenvalue weighted by Gasteiger charge is 2.12. The van der Waals surface area contributed by atoms with Gasteiger partial charge in [0.15, 0.2) is 17.2 Å². The summed E-state index contributed by atoms with van der Waals surface area (Å²) < 4.78 is 21.4. The van der Waals surface area contributed by atoms with E-state index < -0.39 is 5.82 Å². The maximum atomic E-state index is 13.9. The van der Waals surface area contributed by atoms with Crippen molar-refractivity contribution in [2.75, 3.05) is 7.11 Å². The standard InChI is InChI=1S/C21H19FN4O2/c1-13-4-6-16(10-14(13)2)18-7-9-20-24-25(21(27)26(20)23-18)12-15-5-8-19(28-3)17(22)11-15/h4-11H,12H2,1-3H3. The van der Waals surface area contributed by atoms with Crippen molar-refractivity contribution in [3.05, 3.63) is 81.5 Å². The van der Waals surface area contributed by atoms with Crippen molar-refractivity contribution >= 4 is 5.65 Å². The fraction of sp³-hybridized carbons (Fsp3) is 0.190. The Hall–Kier alpha value is -3.48. The smallest absolute Gasteiger partial charge is 0.367 e.